The quantitative estimate of drug-likeness (QED) is 0.556. The molecule has 0 atom stereocenters. The second-order valence-corrected chi connectivity index (χ2v) is 6.62. The van der Waals surface area contributed by atoms with E-state index in [-0.39, 0.29) is 12.4 Å². The van der Waals surface area contributed by atoms with Gasteiger partial charge in [-0.05, 0) is 36.8 Å². The molecule has 0 radical (unpaired) electrons. The smallest absolute Gasteiger partial charge is 0.160 e. The largest absolute Gasteiger partial charge is 0.492 e. The summed E-state index contributed by atoms with van der Waals surface area (Å²) >= 11 is 0. The molecule has 1 aromatic carbocycles. The zero-order valence-electron chi connectivity index (χ0n) is 15.8. The van der Waals surface area contributed by atoms with Gasteiger partial charge in [0.2, 0.25) is 0 Å². The first-order valence-electron chi connectivity index (χ1n) is 9.00. The van der Waals surface area contributed by atoms with Gasteiger partial charge in [-0.3, -0.25) is 9.08 Å². The predicted molar refractivity (Wildman–Crippen MR) is 103 cm³/mol. The average molecular weight is 380 g/mol. The standard InChI is InChI=1S/C20H21FN6O/c1-13-14(11-26(2)25-13)7-8-28-18-9-16(21)4-5-17(18)15-3-6-19-23-24-20(10-22)27(19)12-15/h3-6,9,11-12H,7-8,10,22H2,1-2H3. The van der Waals surface area contributed by atoms with Gasteiger partial charge in [-0.15, -0.1) is 10.2 Å². The molecule has 3 heterocycles. The molecule has 0 unspecified atom stereocenters. The molecule has 4 aromatic rings. The highest BCUT2D eigenvalue weighted by Crippen LogP contribution is 2.31. The summed E-state index contributed by atoms with van der Waals surface area (Å²) in [5.41, 5.74) is 10.2. The van der Waals surface area contributed by atoms with Crippen LogP contribution in [0, 0.1) is 12.7 Å². The van der Waals surface area contributed by atoms with Gasteiger partial charge in [0.15, 0.2) is 11.5 Å². The van der Waals surface area contributed by atoms with E-state index in [1.807, 2.05) is 42.9 Å². The molecule has 0 fully saturated rings. The lowest BCUT2D eigenvalue weighted by Crippen LogP contribution is -2.04. The average Bonchev–Trinajstić information content (AvgIpc) is 3.23. The number of nitrogens with two attached hydrogens (primary N) is 1. The fraction of sp³-hybridized carbons (Fsp3) is 0.250. The van der Waals surface area contributed by atoms with Gasteiger partial charge in [-0.25, -0.2) is 4.39 Å². The summed E-state index contributed by atoms with van der Waals surface area (Å²) in [7, 11) is 1.89. The van der Waals surface area contributed by atoms with E-state index < -0.39 is 0 Å². The summed E-state index contributed by atoms with van der Waals surface area (Å²) in [4.78, 5) is 0. The number of aryl methyl sites for hydroxylation is 2. The minimum absolute atomic E-state index is 0.280. The summed E-state index contributed by atoms with van der Waals surface area (Å²) in [6.07, 6.45) is 4.56. The van der Waals surface area contributed by atoms with Crippen molar-refractivity contribution in [1.29, 1.82) is 0 Å². The van der Waals surface area contributed by atoms with Crippen molar-refractivity contribution in [3.63, 3.8) is 0 Å². The highest BCUT2D eigenvalue weighted by atomic mass is 19.1. The van der Waals surface area contributed by atoms with E-state index in [2.05, 4.69) is 15.3 Å². The van der Waals surface area contributed by atoms with Gasteiger partial charge in [-0.2, -0.15) is 5.10 Å². The summed E-state index contributed by atoms with van der Waals surface area (Å²) in [6.45, 7) is 2.67. The molecule has 7 nitrogen and oxygen atoms in total. The lowest BCUT2D eigenvalue weighted by Gasteiger charge is -2.12. The van der Waals surface area contributed by atoms with Gasteiger partial charge in [0.25, 0.3) is 0 Å². The number of rotatable bonds is 6. The Morgan fingerprint density at radius 1 is 1.14 bits per heavy atom. The van der Waals surface area contributed by atoms with Crippen LogP contribution < -0.4 is 10.5 Å². The van der Waals surface area contributed by atoms with Crippen LogP contribution in [0.2, 0.25) is 0 Å². The number of nitrogens with zero attached hydrogens (tertiary/aromatic N) is 5. The molecule has 28 heavy (non-hydrogen) atoms. The van der Waals surface area contributed by atoms with E-state index >= 15 is 0 Å². The number of halogens is 1. The number of ether oxygens (including phenoxy) is 1. The van der Waals surface area contributed by atoms with Crippen LogP contribution in [0.1, 0.15) is 17.1 Å². The van der Waals surface area contributed by atoms with Crippen molar-refractivity contribution in [2.45, 2.75) is 19.9 Å². The molecule has 0 saturated carbocycles. The normalized spacial score (nSPS) is 11.3. The molecule has 0 aliphatic heterocycles. The van der Waals surface area contributed by atoms with E-state index in [9.17, 15) is 4.39 Å². The van der Waals surface area contributed by atoms with Crippen molar-refractivity contribution in [3.05, 3.63) is 65.6 Å². The van der Waals surface area contributed by atoms with Crippen LogP contribution in [0.5, 0.6) is 5.75 Å². The van der Waals surface area contributed by atoms with Gasteiger partial charge in [0.1, 0.15) is 11.6 Å². The van der Waals surface area contributed by atoms with Crippen LogP contribution in [0.15, 0.2) is 42.7 Å². The van der Waals surface area contributed by atoms with Gasteiger partial charge >= 0.3 is 0 Å². The Balaban J connectivity index is 1.62. The maximum Gasteiger partial charge on any atom is 0.160 e. The molecule has 0 spiro atoms. The number of pyridine rings is 1. The summed E-state index contributed by atoms with van der Waals surface area (Å²) < 4.78 is 23.4. The SMILES string of the molecule is Cc1nn(C)cc1CCOc1cc(F)ccc1-c1ccc2nnc(CN)n2c1. The molecule has 0 aliphatic carbocycles. The van der Waals surface area contributed by atoms with Crippen molar-refractivity contribution in [2.75, 3.05) is 6.61 Å². The number of hydrogen-bond acceptors (Lipinski definition) is 5. The van der Waals surface area contributed by atoms with Crippen LogP contribution in [0.4, 0.5) is 4.39 Å². The summed E-state index contributed by atoms with van der Waals surface area (Å²) in [6, 6.07) is 8.32. The van der Waals surface area contributed by atoms with Gasteiger partial charge < -0.3 is 10.5 Å². The third kappa shape index (κ3) is 3.46. The van der Waals surface area contributed by atoms with E-state index in [0.717, 1.165) is 22.4 Å². The zero-order chi connectivity index (χ0) is 19.7. The van der Waals surface area contributed by atoms with Crippen LogP contribution in [-0.4, -0.2) is 31.0 Å². The molecule has 144 valence electrons. The van der Waals surface area contributed by atoms with Gasteiger partial charge in [0, 0.05) is 43.1 Å². The Bertz CT molecular complexity index is 1130. The predicted octanol–water partition coefficient (Wildman–Crippen LogP) is 2.66. The van der Waals surface area contributed by atoms with Crippen molar-refractivity contribution in [2.24, 2.45) is 12.8 Å². The van der Waals surface area contributed by atoms with Crippen molar-refractivity contribution in [3.8, 4) is 16.9 Å². The molecule has 3 aromatic heterocycles. The maximum atomic E-state index is 13.9. The Morgan fingerprint density at radius 3 is 2.75 bits per heavy atom. The fourth-order valence-corrected chi connectivity index (χ4v) is 3.26. The number of hydrogen-bond donors (Lipinski definition) is 1. The highest BCUT2D eigenvalue weighted by molar-refractivity contribution is 5.71. The molecule has 0 aliphatic rings. The van der Waals surface area contributed by atoms with Gasteiger partial charge in [0.05, 0.1) is 18.8 Å². The Kier molecular flexibility index (Phi) is 4.79. The van der Waals surface area contributed by atoms with Crippen LogP contribution >= 0.6 is 0 Å². The van der Waals surface area contributed by atoms with Crippen molar-refractivity contribution in [1.82, 2.24) is 24.4 Å². The zero-order valence-corrected chi connectivity index (χ0v) is 15.8. The molecular formula is C20H21FN6O. The lowest BCUT2D eigenvalue weighted by atomic mass is 10.1. The number of fused-ring (bicyclic) bond motifs is 1. The fourth-order valence-electron chi connectivity index (χ4n) is 3.26. The Hall–Kier alpha value is -3.26. The minimum Gasteiger partial charge on any atom is -0.492 e. The van der Waals surface area contributed by atoms with Gasteiger partial charge in [-0.1, -0.05) is 0 Å². The van der Waals surface area contributed by atoms with E-state index in [1.165, 1.54) is 12.1 Å². The highest BCUT2D eigenvalue weighted by Gasteiger charge is 2.12. The molecular weight excluding hydrogens is 359 g/mol. The lowest BCUT2D eigenvalue weighted by molar-refractivity contribution is 0.321. The minimum atomic E-state index is -0.343. The first-order valence-corrected chi connectivity index (χ1v) is 9.00. The molecule has 0 bridgehead atoms. The van der Waals surface area contributed by atoms with E-state index in [0.29, 0.717) is 30.2 Å². The van der Waals surface area contributed by atoms with E-state index in [4.69, 9.17) is 10.5 Å². The van der Waals surface area contributed by atoms with Crippen LogP contribution in [0.25, 0.3) is 16.8 Å². The first-order chi connectivity index (χ1) is 13.5. The molecule has 8 heteroatoms. The van der Waals surface area contributed by atoms with Crippen LogP contribution in [-0.2, 0) is 20.0 Å². The second-order valence-electron chi connectivity index (χ2n) is 6.62. The second kappa shape index (κ2) is 7.40. The Morgan fingerprint density at radius 2 is 2.00 bits per heavy atom. The molecule has 4 rings (SSSR count). The molecule has 0 saturated heterocycles. The van der Waals surface area contributed by atoms with Crippen LogP contribution in [0.3, 0.4) is 0 Å². The van der Waals surface area contributed by atoms with Crippen molar-refractivity contribution < 1.29 is 9.13 Å². The number of aromatic nitrogens is 5. The first kappa shape index (κ1) is 18.1. The topological polar surface area (TPSA) is 83.3 Å². The number of benzene rings is 1. The third-order valence-corrected chi connectivity index (χ3v) is 4.65. The maximum absolute atomic E-state index is 13.9. The molecule has 2 N–H and O–H groups in total. The van der Waals surface area contributed by atoms with Crippen molar-refractivity contribution >= 4 is 5.65 Å². The summed E-state index contributed by atoms with van der Waals surface area (Å²) in [5, 5.41) is 12.5. The Labute approximate surface area is 161 Å². The monoisotopic (exact) mass is 380 g/mol. The van der Waals surface area contributed by atoms with E-state index in [1.54, 1.807) is 10.7 Å². The molecule has 0 amide bonds. The third-order valence-electron chi connectivity index (χ3n) is 4.65. The summed E-state index contributed by atoms with van der Waals surface area (Å²) in [5.74, 6) is 0.807.